The Labute approximate surface area is 366 Å². The summed E-state index contributed by atoms with van der Waals surface area (Å²) in [5, 5.41) is 4.41. The van der Waals surface area contributed by atoms with E-state index in [1.807, 2.05) is 30.3 Å². The maximum absolute atomic E-state index is 15.3. The number of carbonyl (C=O) groups is 2. The number of nitrogens with zero attached hydrogens (tertiary/aromatic N) is 1. The topological polar surface area (TPSA) is 65.1 Å². The Bertz CT molecular complexity index is 2160. The van der Waals surface area contributed by atoms with Gasteiger partial charge in [-0.15, -0.1) is 0 Å². The van der Waals surface area contributed by atoms with Gasteiger partial charge in [0.2, 0.25) is 5.91 Å². The van der Waals surface area contributed by atoms with Crippen LogP contribution < -0.4 is 20.7 Å². The van der Waals surface area contributed by atoms with Crippen LogP contribution in [0.4, 0.5) is 4.79 Å². The largest absolute Gasteiger partial charge is 0.444 e. The Morgan fingerprint density at radius 3 is 1.51 bits per heavy atom. The van der Waals surface area contributed by atoms with Crippen molar-refractivity contribution in [2.75, 3.05) is 19.8 Å². The quantitative estimate of drug-likeness (QED) is 0.0925. The number of carbonyl (C=O) groups excluding carboxylic acids is 2. The van der Waals surface area contributed by atoms with Crippen LogP contribution in [0.5, 0.6) is 0 Å². The highest BCUT2D eigenvalue weighted by atomic mass is 28.4. The number of rotatable bonds is 12. The van der Waals surface area contributed by atoms with E-state index in [4.69, 9.17) is 13.6 Å². The average Bonchev–Trinajstić information content (AvgIpc) is 3.43. The van der Waals surface area contributed by atoms with E-state index in [0.29, 0.717) is 39.0 Å². The minimum absolute atomic E-state index is 0.112. The summed E-state index contributed by atoms with van der Waals surface area (Å²) >= 11 is 0. The molecule has 2 aliphatic rings. The smallest absolute Gasteiger partial charge is 0.416 e. The number of hydrogen-bond acceptors (Lipinski definition) is 5. The highest BCUT2D eigenvalue weighted by molar-refractivity contribution is 7.00. The summed E-state index contributed by atoms with van der Waals surface area (Å²) in [6.07, 6.45) is 5.24. The Morgan fingerprint density at radius 1 is 0.607 bits per heavy atom. The van der Waals surface area contributed by atoms with Gasteiger partial charge in [0.05, 0.1) is 12.0 Å². The fourth-order valence-corrected chi connectivity index (χ4v) is 19.2. The third-order valence-corrected chi connectivity index (χ3v) is 23.2. The standard InChI is InChI=1S/C53H63NO5Si2/c1-51(2,3)60(45-26-14-8-15-27-45,46-28-16-9-17-29-46)58-40-43-34-36-53(35-22-23-37-54(49(53)55)50(56)57-39-42-24-12-7-13-25-42)44(38-43)41-59-61(52(4,5)6,47-30-18-10-19-31-47)48-32-20-11-21-33-48/h7-21,24-33,38,44H,22-23,34-37,39-41H2,1-6H3/t44?,53-/m0/s1. The molecule has 6 nitrogen and oxygen atoms in total. The predicted molar refractivity (Wildman–Crippen MR) is 253 cm³/mol. The Hall–Kier alpha value is -4.87. The monoisotopic (exact) mass is 849 g/mol. The minimum Gasteiger partial charge on any atom is -0.444 e. The third-order valence-electron chi connectivity index (χ3n) is 13.2. The molecule has 1 heterocycles. The van der Waals surface area contributed by atoms with Crippen LogP contribution in [-0.4, -0.2) is 53.3 Å². The molecule has 318 valence electrons. The summed E-state index contributed by atoms with van der Waals surface area (Å²) < 4.78 is 21.1. The van der Waals surface area contributed by atoms with Crippen LogP contribution in [0.1, 0.15) is 79.2 Å². The van der Waals surface area contributed by atoms with Crippen molar-refractivity contribution in [2.24, 2.45) is 11.3 Å². The first-order valence-corrected chi connectivity index (χ1v) is 25.9. The van der Waals surface area contributed by atoms with Crippen LogP contribution in [0.15, 0.2) is 163 Å². The van der Waals surface area contributed by atoms with E-state index >= 15 is 4.79 Å². The van der Waals surface area contributed by atoms with Crippen LogP contribution in [0.3, 0.4) is 0 Å². The Balaban J connectivity index is 1.30. The van der Waals surface area contributed by atoms with Gasteiger partial charge in [0.1, 0.15) is 6.61 Å². The lowest BCUT2D eigenvalue weighted by Gasteiger charge is -2.47. The van der Waals surface area contributed by atoms with Gasteiger partial charge >= 0.3 is 6.09 Å². The van der Waals surface area contributed by atoms with Crippen molar-refractivity contribution >= 4 is 49.4 Å². The molecular formula is C53H63NO5Si2. The van der Waals surface area contributed by atoms with Crippen molar-refractivity contribution in [1.82, 2.24) is 4.90 Å². The summed E-state index contributed by atoms with van der Waals surface area (Å²) in [5.41, 5.74) is 1.20. The number of benzene rings is 5. The average molecular weight is 850 g/mol. The Morgan fingerprint density at radius 2 is 1.05 bits per heavy atom. The fraction of sp³-hybridized carbons (Fsp3) is 0.358. The molecule has 0 aromatic heterocycles. The zero-order valence-electron chi connectivity index (χ0n) is 36.9. The molecule has 7 rings (SSSR count). The van der Waals surface area contributed by atoms with Gasteiger partial charge in [0.15, 0.2) is 0 Å². The van der Waals surface area contributed by atoms with E-state index in [2.05, 4.69) is 169 Å². The van der Waals surface area contributed by atoms with Crippen LogP contribution in [0.2, 0.25) is 10.1 Å². The molecule has 8 heteroatoms. The van der Waals surface area contributed by atoms with Crippen LogP contribution in [0.25, 0.3) is 0 Å². The van der Waals surface area contributed by atoms with E-state index in [1.54, 1.807) is 0 Å². The highest BCUT2D eigenvalue weighted by Crippen LogP contribution is 2.49. The minimum atomic E-state index is -2.99. The van der Waals surface area contributed by atoms with Crippen LogP contribution >= 0.6 is 0 Å². The summed E-state index contributed by atoms with van der Waals surface area (Å²) in [6, 6.07) is 52.5. The third kappa shape index (κ3) is 8.92. The zero-order chi connectivity index (χ0) is 43.1. The Kier molecular flexibility index (Phi) is 13.5. The second-order valence-electron chi connectivity index (χ2n) is 19.0. The van der Waals surface area contributed by atoms with Crippen molar-refractivity contribution in [3.63, 3.8) is 0 Å². The normalized spacial score (nSPS) is 19.0. The van der Waals surface area contributed by atoms with E-state index in [1.165, 1.54) is 31.2 Å². The molecule has 1 aliphatic heterocycles. The lowest BCUT2D eigenvalue weighted by Crippen LogP contribution is -2.67. The molecule has 2 atom stereocenters. The molecular weight excluding hydrogens is 787 g/mol. The van der Waals surface area contributed by atoms with Gasteiger partial charge in [-0.1, -0.05) is 206 Å². The van der Waals surface area contributed by atoms with E-state index in [9.17, 15) is 4.79 Å². The number of imide groups is 1. The van der Waals surface area contributed by atoms with Gasteiger partial charge in [0.25, 0.3) is 16.6 Å². The molecule has 1 unspecified atom stereocenters. The summed E-state index contributed by atoms with van der Waals surface area (Å²) in [7, 11) is -5.84. The first kappa shape index (κ1) is 44.2. The molecule has 2 amide bonds. The molecule has 0 bridgehead atoms. The summed E-state index contributed by atoms with van der Waals surface area (Å²) in [6.45, 7) is 15.0. The highest BCUT2D eigenvalue weighted by Gasteiger charge is 2.55. The maximum Gasteiger partial charge on any atom is 0.416 e. The van der Waals surface area contributed by atoms with Crippen molar-refractivity contribution in [1.29, 1.82) is 0 Å². The molecule has 1 fully saturated rings. The molecule has 1 aliphatic carbocycles. The molecule has 61 heavy (non-hydrogen) atoms. The first-order valence-electron chi connectivity index (χ1n) is 22.0. The van der Waals surface area contributed by atoms with Gasteiger partial charge < -0.3 is 13.6 Å². The second kappa shape index (κ2) is 18.6. The number of ether oxygens (including phenoxy) is 1. The number of amides is 2. The predicted octanol–water partition coefficient (Wildman–Crippen LogP) is 9.81. The molecule has 5 aromatic rings. The molecule has 0 radical (unpaired) electrons. The molecule has 0 N–H and O–H groups in total. The first-order chi connectivity index (χ1) is 29.3. The summed E-state index contributed by atoms with van der Waals surface area (Å²) in [5.74, 6) is -0.460. The van der Waals surface area contributed by atoms with Crippen molar-refractivity contribution < 1.29 is 23.2 Å². The van der Waals surface area contributed by atoms with Crippen molar-refractivity contribution in [3.8, 4) is 0 Å². The molecule has 5 aromatic carbocycles. The maximum atomic E-state index is 15.3. The van der Waals surface area contributed by atoms with Gasteiger partial charge in [0, 0.05) is 19.1 Å². The summed E-state index contributed by atoms with van der Waals surface area (Å²) in [4.78, 5) is 30.7. The van der Waals surface area contributed by atoms with E-state index < -0.39 is 28.1 Å². The fourth-order valence-electron chi connectivity index (χ4n) is 10.1. The second-order valence-corrected chi connectivity index (χ2v) is 27.6. The van der Waals surface area contributed by atoms with E-state index in [-0.39, 0.29) is 28.5 Å². The van der Waals surface area contributed by atoms with Crippen LogP contribution in [-0.2, 0) is 25.0 Å². The lowest BCUT2D eigenvalue weighted by atomic mass is 9.64. The van der Waals surface area contributed by atoms with Crippen molar-refractivity contribution in [3.05, 3.63) is 169 Å². The van der Waals surface area contributed by atoms with Gasteiger partial charge in [-0.3, -0.25) is 4.79 Å². The van der Waals surface area contributed by atoms with Gasteiger partial charge in [-0.05, 0) is 67.6 Å². The number of hydrogen-bond donors (Lipinski definition) is 0. The van der Waals surface area contributed by atoms with Crippen molar-refractivity contribution in [2.45, 2.75) is 90.3 Å². The van der Waals surface area contributed by atoms with Gasteiger partial charge in [-0.25, -0.2) is 9.69 Å². The molecule has 0 saturated carbocycles. The van der Waals surface area contributed by atoms with Gasteiger partial charge in [-0.2, -0.15) is 0 Å². The lowest BCUT2D eigenvalue weighted by molar-refractivity contribution is -0.144. The molecule has 1 saturated heterocycles. The molecule has 1 spiro atoms. The number of likely N-dealkylation sites (tertiary alicyclic amines) is 1. The zero-order valence-corrected chi connectivity index (χ0v) is 38.9. The SMILES string of the molecule is CC(C)(C)[Si](OCC1=CC(CO[Si](c2ccccc2)(c2ccccc2)C(C)(C)C)[C@]2(CCCCN(C(=O)OCc3ccccc3)C2=O)CC1)(c1ccccc1)c1ccccc1. The van der Waals surface area contributed by atoms with E-state index in [0.717, 1.165) is 18.4 Å². The van der Waals surface area contributed by atoms with Crippen LogP contribution in [0, 0.1) is 11.3 Å².